The first-order chi connectivity index (χ1) is 10.1. The van der Waals surface area contributed by atoms with E-state index in [4.69, 9.17) is 27.6 Å². The van der Waals surface area contributed by atoms with E-state index < -0.39 is 5.82 Å². The third-order valence-electron chi connectivity index (χ3n) is 3.15. The molecule has 0 aliphatic heterocycles. The number of imidazole rings is 1. The number of alkyl halides is 1. The maximum atomic E-state index is 13.6. The average molecular weight is 328 g/mol. The van der Waals surface area contributed by atoms with Crippen molar-refractivity contribution in [1.29, 1.82) is 0 Å². The quantitative estimate of drug-likeness (QED) is 0.681. The Kier molecular flexibility index (Phi) is 3.87. The molecule has 0 fully saturated rings. The number of halogens is 3. The lowest BCUT2D eigenvalue weighted by molar-refractivity contribution is 0.456. The van der Waals surface area contributed by atoms with Gasteiger partial charge < -0.3 is 8.98 Å². The Labute approximate surface area is 130 Å². The molecule has 0 amide bonds. The Bertz CT molecular complexity index is 797. The van der Waals surface area contributed by atoms with Crippen LogP contribution in [0.5, 0.6) is 0 Å². The van der Waals surface area contributed by atoms with E-state index in [1.54, 1.807) is 12.3 Å². The second-order valence-corrected chi connectivity index (χ2v) is 5.46. The molecule has 0 aliphatic carbocycles. The fraction of sp³-hybridized carbons (Fsp3) is 0.286. The normalized spacial score (nSPS) is 11.4. The minimum absolute atomic E-state index is 0.0599. The van der Waals surface area contributed by atoms with Gasteiger partial charge in [-0.1, -0.05) is 11.6 Å². The molecular weight excluding hydrogens is 316 g/mol. The molecule has 4 nitrogen and oxygen atoms in total. The van der Waals surface area contributed by atoms with E-state index >= 15 is 0 Å². The van der Waals surface area contributed by atoms with Crippen LogP contribution in [0, 0.1) is 12.7 Å². The van der Waals surface area contributed by atoms with Crippen molar-refractivity contribution in [1.82, 2.24) is 14.5 Å². The summed E-state index contributed by atoms with van der Waals surface area (Å²) in [7, 11) is 0. The molecule has 7 heteroatoms. The third kappa shape index (κ3) is 2.76. The topological polar surface area (TPSA) is 43.9 Å². The van der Waals surface area contributed by atoms with Gasteiger partial charge in [-0.2, -0.15) is 0 Å². The van der Waals surface area contributed by atoms with Crippen LogP contribution in [0.25, 0.3) is 11.0 Å². The molecule has 0 aliphatic rings. The molecule has 0 N–H and O–H groups in total. The summed E-state index contributed by atoms with van der Waals surface area (Å²) in [5.41, 5.74) is 1.28. The van der Waals surface area contributed by atoms with Crippen LogP contribution in [0.1, 0.15) is 17.5 Å². The van der Waals surface area contributed by atoms with Gasteiger partial charge in [0.05, 0.1) is 22.3 Å². The van der Waals surface area contributed by atoms with Crippen LogP contribution in [0.3, 0.4) is 0 Å². The minimum Gasteiger partial charge on any atom is -0.444 e. The summed E-state index contributed by atoms with van der Waals surface area (Å²) in [5, 5.41) is 0.0599. The smallest absolute Gasteiger partial charge is 0.214 e. The van der Waals surface area contributed by atoms with Crippen molar-refractivity contribution >= 4 is 34.2 Å². The molecule has 1 aromatic carbocycles. The lowest BCUT2D eigenvalue weighted by atomic mass is 10.3. The Morgan fingerprint density at radius 1 is 1.38 bits per heavy atom. The fourth-order valence-electron chi connectivity index (χ4n) is 2.23. The molecule has 2 heterocycles. The van der Waals surface area contributed by atoms with Crippen molar-refractivity contribution in [3.05, 3.63) is 46.6 Å². The monoisotopic (exact) mass is 327 g/mol. The van der Waals surface area contributed by atoms with Crippen molar-refractivity contribution in [2.75, 3.05) is 5.88 Å². The van der Waals surface area contributed by atoms with Crippen molar-refractivity contribution in [2.24, 2.45) is 0 Å². The van der Waals surface area contributed by atoms with Crippen molar-refractivity contribution in [3.63, 3.8) is 0 Å². The number of hydrogen-bond acceptors (Lipinski definition) is 3. The van der Waals surface area contributed by atoms with Gasteiger partial charge in [-0.3, -0.25) is 0 Å². The zero-order valence-corrected chi connectivity index (χ0v) is 12.7. The van der Waals surface area contributed by atoms with Crippen molar-refractivity contribution in [3.8, 4) is 0 Å². The summed E-state index contributed by atoms with van der Waals surface area (Å²) in [4.78, 5) is 8.60. The van der Waals surface area contributed by atoms with Gasteiger partial charge in [-0.25, -0.2) is 14.4 Å². The molecular formula is C14H12Cl2FN3O. The first-order valence-electron chi connectivity index (χ1n) is 6.40. The van der Waals surface area contributed by atoms with Crippen LogP contribution in [-0.2, 0) is 13.0 Å². The summed E-state index contributed by atoms with van der Waals surface area (Å²) in [6.07, 6.45) is 2.22. The molecule has 0 saturated carbocycles. The Balaban J connectivity index is 2.12. The molecule has 3 rings (SSSR count). The highest BCUT2D eigenvalue weighted by atomic mass is 35.5. The van der Waals surface area contributed by atoms with Crippen LogP contribution >= 0.6 is 23.2 Å². The largest absolute Gasteiger partial charge is 0.444 e. The van der Waals surface area contributed by atoms with Gasteiger partial charge >= 0.3 is 0 Å². The maximum Gasteiger partial charge on any atom is 0.214 e. The van der Waals surface area contributed by atoms with E-state index in [0.717, 1.165) is 17.1 Å². The Morgan fingerprint density at radius 3 is 2.86 bits per heavy atom. The van der Waals surface area contributed by atoms with Crippen LogP contribution in [0.15, 0.2) is 22.7 Å². The van der Waals surface area contributed by atoms with Crippen LogP contribution < -0.4 is 0 Å². The van der Waals surface area contributed by atoms with E-state index in [2.05, 4.69) is 9.97 Å². The lowest BCUT2D eigenvalue weighted by Crippen LogP contribution is -2.06. The molecule has 0 bridgehead atoms. The lowest BCUT2D eigenvalue weighted by Gasteiger charge is -2.06. The number of fused-ring (bicyclic) bond motifs is 1. The van der Waals surface area contributed by atoms with Gasteiger partial charge in [0.1, 0.15) is 23.9 Å². The van der Waals surface area contributed by atoms with Gasteiger partial charge in [-0.05, 0) is 13.0 Å². The molecule has 0 saturated heterocycles. The van der Waals surface area contributed by atoms with E-state index in [1.807, 2.05) is 11.5 Å². The molecule has 0 unspecified atom stereocenters. The maximum absolute atomic E-state index is 13.6. The summed E-state index contributed by atoms with van der Waals surface area (Å²) in [6, 6.07) is 2.89. The summed E-state index contributed by atoms with van der Waals surface area (Å²) >= 11 is 11.7. The minimum atomic E-state index is -0.488. The fourth-order valence-corrected chi connectivity index (χ4v) is 2.56. The van der Waals surface area contributed by atoms with Crippen LogP contribution in [0.4, 0.5) is 4.39 Å². The number of hydrogen-bond donors (Lipinski definition) is 0. The number of oxazole rings is 1. The molecule has 2 aromatic heterocycles. The zero-order chi connectivity index (χ0) is 15.0. The first kappa shape index (κ1) is 14.4. The van der Waals surface area contributed by atoms with Gasteiger partial charge in [0.2, 0.25) is 5.89 Å². The summed E-state index contributed by atoms with van der Waals surface area (Å²) < 4.78 is 21.0. The molecule has 0 atom stereocenters. The van der Waals surface area contributed by atoms with Crippen molar-refractivity contribution < 1.29 is 8.81 Å². The predicted octanol–water partition coefficient (Wildman–Crippen LogP) is 3.95. The number of benzene rings is 1. The van der Waals surface area contributed by atoms with Crippen LogP contribution in [-0.4, -0.2) is 20.4 Å². The predicted molar refractivity (Wildman–Crippen MR) is 79.5 cm³/mol. The molecule has 3 aromatic rings. The first-order valence-corrected chi connectivity index (χ1v) is 7.31. The number of aromatic nitrogens is 3. The van der Waals surface area contributed by atoms with Gasteiger partial charge in [0.25, 0.3) is 0 Å². The Morgan fingerprint density at radius 2 is 2.19 bits per heavy atom. The van der Waals surface area contributed by atoms with E-state index in [-0.39, 0.29) is 5.02 Å². The average Bonchev–Trinajstić information content (AvgIpc) is 2.97. The summed E-state index contributed by atoms with van der Waals surface area (Å²) in [5.74, 6) is 1.97. The highest BCUT2D eigenvalue weighted by molar-refractivity contribution is 6.31. The molecule has 110 valence electrons. The molecule has 0 radical (unpaired) electrons. The Hall–Kier alpha value is -1.59. The SMILES string of the molecule is Cc1cnc(Cn2c(CCCl)nc3cc(F)c(Cl)cc32)o1. The van der Waals surface area contributed by atoms with E-state index in [1.165, 1.54) is 6.07 Å². The second-order valence-electron chi connectivity index (χ2n) is 4.67. The van der Waals surface area contributed by atoms with Crippen LogP contribution in [0.2, 0.25) is 5.02 Å². The number of aryl methyl sites for hydroxylation is 2. The van der Waals surface area contributed by atoms with Gasteiger partial charge in [0, 0.05) is 18.4 Å². The van der Waals surface area contributed by atoms with E-state index in [0.29, 0.717) is 30.3 Å². The molecule has 0 spiro atoms. The highest BCUT2D eigenvalue weighted by Crippen LogP contribution is 2.25. The molecule has 21 heavy (non-hydrogen) atoms. The zero-order valence-electron chi connectivity index (χ0n) is 11.2. The third-order valence-corrected chi connectivity index (χ3v) is 3.63. The standard InChI is InChI=1S/C14H12Cl2FN3O/c1-8-6-18-14(21-8)7-20-12-4-9(16)10(17)5-11(12)19-13(20)2-3-15/h4-6H,2-3,7H2,1H3. The van der Waals surface area contributed by atoms with Crippen molar-refractivity contribution in [2.45, 2.75) is 19.9 Å². The number of nitrogens with zero attached hydrogens (tertiary/aromatic N) is 3. The van der Waals surface area contributed by atoms with Gasteiger partial charge in [-0.15, -0.1) is 11.6 Å². The van der Waals surface area contributed by atoms with E-state index in [9.17, 15) is 4.39 Å². The summed E-state index contributed by atoms with van der Waals surface area (Å²) in [6.45, 7) is 2.23. The second kappa shape index (κ2) is 5.66. The number of rotatable bonds is 4. The van der Waals surface area contributed by atoms with Gasteiger partial charge in [0.15, 0.2) is 0 Å². The highest BCUT2D eigenvalue weighted by Gasteiger charge is 2.15.